The molecule has 1 aliphatic heterocycles. The van der Waals surface area contributed by atoms with Crippen molar-refractivity contribution >= 4 is 23.4 Å². The molecule has 1 aromatic carbocycles. The zero-order valence-corrected chi connectivity index (χ0v) is 17.9. The Morgan fingerprint density at radius 1 is 1.16 bits per heavy atom. The van der Waals surface area contributed by atoms with Crippen LogP contribution in [0.25, 0.3) is 0 Å². The number of ketones is 2. The first kappa shape index (κ1) is 23.9. The van der Waals surface area contributed by atoms with Gasteiger partial charge in [0.15, 0.2) is 17.5 Å². The number of esters is 1. The van der Waals surface area contributed by atoms with Gasteiger partial charge >= 0.3 is 12.1 Å². The van der Waals surface area contributed by atoms with Crippen LogP contribution in [0, 0.1) is 5.92 Å². The largest absolute Gasteiger partial charge is 0.459 e. The number of carbonyl (C=O) groups excluding carboxylic acids is 4. The van der Waals surface area contributed by atoms with Crippen molar-refractivity contribution < 1.29 is 41.8 Å². The average Bonchev–Trinajstić information content (AvgIpc) is 2.69. The summed E-state index contributed by atoms with van der Waals surface area (Å²) < 4.78 is 50.3. The minimum Gasteiger partial charge on any atom is -0.459 e. The molecule has 1 amide bonds. The van der Waals surface area contributed by atoms with Gasteiger partial charge in [-0.25, -0.2) is 0 Å². The van der Waals surface area contributed by atoms with Crippen LogP contribution in [0.5, 0.6) is 0 Å². The topological polar surface area (TPSA) is 98.8 Å². The summed E-state index contributed by atoms with van der Waals surface area (Å²) >= 11 is 0. The molecule has 1 N–H and O–H groups in total. The highest BCUT2D eigenvalue weighted by Gasteiger charge is 2.55. The van der Waals surface area contributed by atoms with Crippen molar-refractivity contribution in [1.29, 1.82) is 0 Å². The number of nitrogens with one attached hydrogen (secondary N) is 1. The Balaban J connectivity index is 1.96. The van der Waals surface area contributed by atoms with Crippen LogP contribution in [0.15, 0.2) is 18.2 Å². The summed E-state index contributed by atoms with van der Waals surface area (Å²) in [4.78, 5) is 51.1. The molecule has 0 radical (unpaired) electrons. The normalized spacial score (nSPS) is 20.6. The van der Waals surface area contributed by atoms with Crippen molar-refractivity contribution in [2.75, 3.05) is 19.8 Å². The molecule has 0 saturated carbocycles. The SMILES string of the molecule is CC(C)(C)OC(=O)CNC(=O)C1C(=O)c2ccc(C(F)(F)F)cc2C2(CCOCC2)C1=O. The van der Waals surface area contributed by atoms with Gasteiger partial charge in [0.05, 0.1) is 11.0 Å². The van der Waals surface area contributed by atoms with Crippen molar-refractivity contribution in [3.8, 4) is 0 Å². The number of Topliss-reactive ketones (excluding diaryl/α,β-unsaturated/α-hetero) is 2. The zero-order chi connectivity index (χ0) is 23.9. The summed E-state index contributed by atoms with van der Waals surface area (Å²) in [6, 6.07) is 2.60. The van der Waals surface area contributed by atoms with Gasteiger partial charge in [0.2, 0.25) is 5.91 Å². The molecule has 0 aromatic heterocycles. The number of halogens is 3. The van der Waals surface area contributed by atoms with E-state index in [0.717, 1.165) is 18.2 Å². The van der Waals surface area contributed by atoms with Crippen LogP contribution >= 0.6 is 0 Å². The number of alkyl halides is 3. The number of amides is 1. The Kier molecular flexibility index (Phi) is 6.21. The molecule has 1 heterocycles. The summed E-state index contributed by atoms with van der Waals surface area (Å²) in [5.41, 5.74) is -3.34. The number of fused-ring (bicyclic) bond motifs is 2. The number of hydrogen-bond donors (Lipinski definition) is 1. The molecule has 1 saturated heterocycles. The van der Waals surface area contributed by atoms with Gasteiger partial charge in [0.25, 0.3) is 0 Å². The standard InChI is InChI=1S/C22H24F3NO6/c1-20(2,3)32-15(27)11-26-19(30)16-17(28)13-5-4-12(22(23,24)25)10-14(13)21(18(16)29)6-8-31-9-7-21/h4-5,10,16H,6-9,11H2,1-3H3,(H,26,30). The predicted octanol–water partition coefficient (Wildman–Crippen LogP) is 2.59. The molecule has 32 heavy (non-hydrogen) atoms. The van der Waals surface area contributed by atoms with Crippen molar-refractivity contribution in [2.45, 2.75) is 50.8 Å². The van der Waals surface area contributed by atoms with Gasteiger partial charge in [0.1, 0.15) is 12.1 Å². The van der Waals surface area contributed by atoms with E-state index in [9.17, 15) is 32.3 Å². The number of ether oxygens (including phenoxy) is 2. The zero-order valence-electron chi connectivity index (χ0n) is 17.9. The van der Waals surface area contributed by atoms with Gasteiger partial charge < -0.3 is 14.8 Å². The van der Waals surface area contributed by atoms with E-state index in [-0.39, 0.29) is 37.2 Å². The Morgan fingerprint density at radius 2 is 1.78 bits per heavy atom. The molecule has 10 heteroatoms. The summed E-state index contributed by atoms with van der Waals surface area (Å²) in [7, 11) is 0. The maximum atomic E-state index is 13.4. The van der Waals surface area contributed by atoms with E-state index >= 15 is 0 Å². The minimum atomic E-state index is -4.66. The van der Waals surface area contributed by atoms with Crippen LogP contribution in [0.3, 0.4) is 0 Å². The van der Waals surface area contributed by atoms with Crippen LogP contribution in [-0.4, -0.2) is 48.8 Å². The molecule has 1 aliphatic carbocycles. The van der Waals surface area contributed by atoms with Gasteiger partial charge in [-0.3, -0.25) is 19.2 Å². The lowest BCUT2D eigenvalue weighted by Crippen LogP contribution is -2.55. The fourth-order valence-electron chi connectivity index (χ4n) is 4.13. The number of benzene rings is 1. The highest BCUT2D eigenvalue weighted by molar-refractivity contribution is 6.29. The third-order valence-corrected chi connectivity index (χ3v) is 5.56. The first-order valence-electron chi connectivity index (χ1n) is 10.1. The van der Waals surface area contributed by atoms with Crippen molar-refractivity contribution in [1.82, 2.24) is 5.32 Å². The van der Waals surface area contributed by atoms with E-state index in [1.54, 1.807) is 20.8 Å². The molecular formula is C22H24F3NO6. The number of hydrogen-bond acceptors (Lipinski definition) is 6. The van der Waals surface area contributed by atoms with Crippen LogP contribution in [-0.2, 0) is 35.4 Å². The lowest BCUT2D eigenvalue weighted by atomic mass is 9.60. The minimum absolute atomic E-state index is 0.0261. The highest BCUT2D eigenvalue weighted by atomic mass is 19.4. The van der Waals surface area contributed by atoms with Gasteiger partial charge in [0, 0.05) is 18.8 Å². The molecular weight excluding hydrogens is 431 g/mol. The van der Waals surface area contributed by atoms with E-state index in [1.165, 1.54) is 0 Å². The molecule has 0 bridgehead atoms. The molecule has 2 aliphatic rings. The van der Waals surface area contributed by atoms with Gasteiger partial charge in [-0.05, 0) is 51.3 Å². The first-order valence-corrected chi connectivity index (χ1v) is 10.1. The maximum absolute atomic E-state index is 13.4. The van der Waals surface area contributed by atoms with Crippen molar-refractivity contribution in [2.24, 2.45) is 5.92 Å². The third kappa shape index (κ3) is 4.55. The highest BCUT2D eigenvalue weighted by Crippen LogP contribution is 2.46. The van der Waals surface area contributed by atoms with E-state index in [2.05, 4.69) is 5.32 Å². The fourth-order valence-corrected chi connectivity index (χ4v) is 4.13. The van der Waals surface area contributed by atoms with Gasteiger partial charge in [-0.1, -0.05) is 6.07 Å². The second kappa shape index (κ2) is 8.31. The Bertz CT molecular complexity index is 957. The van der Waals surface area contributed by atoms with Gasteiger partial charge in [-0.15, -0.1) is 0 Å². The molecule has 3 rings (SSSR count). The predicted molar refractivity (Wildman–Crippen MR) is 105 cm³/mol. The lowest BCUT2D eigenvalue weighted by Gasteiger charge is -2.42. The Labute approximate surface area is 182 Å². The molecule has 1 atom stereocenters. The summed E-state index contributed by atoms with van der Waals surface area (Å²) in [6.07, 6.45) is -4.57. The first-order chi connectivity index (χ1) is 14.8. The molecule has 1 aromatic rings. The van der Waals surface area contributed by atoms with Gasteiger partial charge in [-0.2, -0.15) is 13.2 Å². The van der Waals surface area contributed by atoms with Crippen LogP contribution in [0.2, 0.25) is 0 Å². The number of carbonyl (C=O) groups is 4. The Morgan fingerprint density at radius 3 is 2.34 bits per heavy atom. The maximum Gasteiger partial charge on any atom is 0.416 e. The molecule has 1 unspecified atom stereocenters. The monoisotopic (exact) mass is 455 g/mol. The second-order valence-corrected chi connectivity index (χ2v) is 8.92. The molecule has 174 valence electrons. The van der Waals surface area contributed by atoms with Crippen LogP contribution in [0.4, 0.5) is 13.2 Å². The van der Waals surface area contributed by atoms with E-state index in [1.807, 2.05) is 0 Å². The Hall–Kier alpha value is -2.75. The summed E-state index contributed by atoms with van der Waals surface area (Å²) in [5.74, 6) is -5.17. The molecule has 1 spiro atoms. The summed E-state index contributed by atoms with van der Waals surface area (Å²) in [5, 5.41) is 2.26. The second-order valence-electron chi connectivity index (χ2n) is 8.92. The number of rotatable bonds is 3. The third-order valence-electron chi connectivity index (χ3n) is 5.56. The van der Waals surface area contributed by atoms with Crippen molar-refractivity contribution in [3.63, 3.8) is 0 Å². The van der Waals surface area contributed by atoms with E-state index in [4.69, 9.17) is 9.47 Å². The smallest absolute Gasteiger partial charge is 0.416 e. The lowest BCUT2D eigenvalue weighted by molar-refractivity contribution is -0.155. The molecule has 1 fully saturated rings. The van der Waals surface area contributed by atoms with Crippen LogP contribution < -0.4 is 5.32 Å². The fraction of sp³-hybridized carbons (Fsp3) is 0.545. The van der Waals surface area contributed by atoms with E-state index in [0.29, 0.717) is 0 Å². The van der Waals surface area contributed by atoms with Crippen molar-refractivity contribution in [3.05, 3.63) is 34.9 Å². The average molecular weight is 455 g/mol. The molecule has 7 nitrogen and oxygen atoms in total. The van der Waals surface area contributed by atoms with E-state index < -0.39 is 58.7 Å². The van der Waals surface area contributed by atoms with Crippen LogP contribution in [0.1, 0.15) is 55.1 Å². The summed E-state index contributed by atoms with van der Waals surface area (Å²) in [6.45, 7) is 4.57. The quantitative estimate of drug-likeness (QED) is 0.556.